The molecule has 0 spiro atoms. The summed E-state index contributed by atoms with van der Waals surface area (Å²) in [5.74, 6) is 0.381. The second-order valence-corrected chi connectivity index (χ2v) is 4.18. The molecule has 3 heteroatoms. The average molecular weight is 178 g/mol. The molecule has 1 aliphatic rings. The summed E-state index contributed by atoms with van der Waals surface area (Å²) in [5, 5.41) is 4.14. The molecule has 0 saturated heterocycles. The average Bonchev–Trinajstić information content (AvgIpc) is 2.60. The van der Waals surface area contributed by atoms with Gasteiger partial charge in [0.1, 0.15) is 5.78 Å². The van der Waals surface area contributed by atoms with E-state index in [0.29, 0.717) is 12.2 Å². The van der Waals surface area contributed by atoms with E-state index in [1.807, 2.05) is 19.4 Å². The fourth-order valence-electron chi connectivity index (χ4n) is 2.01. The second-order valence-electron chi connectivity index (χ2n) is 4.18. The maximum Gasteiger partial charge on any atom is 0.133 e. The highest BCUT2D eigenvalue weighted by molar-refractivity contribution is 5.82. The number of ketones is 1. The highest BCUT2D eigenvalue weighted by Crippen LogP contribution is 2.38. The first-order valence-electron chi connectivity index (χ1n) is 4.61. The van der Waals surface area contributed by atoms with E-state index in [9.17, 15) is 4.79 Å². The van der Waals surface area contributed by atoms with Crippen LogP contribution in [0.1, 0.15) is 31.7 Å². The van der Waals surface area contributed by atoms with Gasteiger partial charge in [0.05, 0.1) is 6.20 Å². The first kappa shape index (κ1) is 8.48. The smallest absolute Gasteiger partial charge is 0.133 e. The quantitative estimate of drug-likeness (QED) is 0.652. The van der Waals surface area contributed by atoms with Crippen LogP contribution in [-0.4, -0.2) is 15.6 Å². The molecule has 2 rings (SSSR count). The number of hydrogen-bond acceptors (Lipinski definition) is 2. The number of Topliss-reactive ketones (excluding diaryl/α,β-unsaturated/α-hetero) is 1. The zero-order valence-corrected chi connectivity index (χ0v) is 8.08. The monoisotopic (exact) mass is 178 g/mol. The number of rotatable bonds is 1. The summed E-state index contributed by atoms with van der Waals surface area (Å²) < 4.78 is 1.80. The van der Waals surface area contributed by atoms with Crippen LogP contribution in [0.5, 0.6) is 0 Å². The van der Waals surface area contributed by atoms with Crippen molar-refractivity contribution < 1.29 is 4.79 Å². The van der Waals surface area contributed by atoms with Crippen molar-refractivity contribution in [1.82, 2.24) is 9.78 Å². The van der Waals surface area contributed by atoms with E-state index >= 15 is 0 Å². The summed E-state index contributed by atoms with van der Waals surface area (Å²) in [6, 6.07) is 0. The maximum absolute atomic E-state index is 11.2. The molecule has 0 amide bonds. The largest absolute Gasteiger partial charge is 0.300 e. The van der Waals surface area contributed by atoms with Crippen molar-refractivity contribution in [3.63, 3.8) is 0 Å². The standard InChI is InChI=1S/C10H14N2O/c1-10(4-3-9(13)5-10)8-6-11-12(2)7-8/h6-7H,3-5H2,1-2H3. The van der Waals surface area contributed by atoms with Crippen LogP contribution in [0, 0.1) is 0 Å². The van der Waals surface area contributed by atoms with Crippen molar-refractivity contribution in [2.24, 2.45) is 7.05 Å². The van der Waals surface area contributed by atoms with Crippen LogP contribution in [0.2, 0.25) is 0 Å². The molecule has 13 heavy (non-hydrogen) atoms. The molecule has 1 aliphatic carbocycles. The van der Waals surface area contributed by atoms with E-state index in [-0.39, 0.29) is 5.41 Å². The lowest BCUT2D eigenvalue weighted by Crippen LogP contribution is -2.16. The molecule has 70 valence electrons. The normalized spacial score (nSPS) is 28.3. The Labute approximate surface area is 77.7 Å². The summed E-state index contributed by atoms with van der Waals surface area (Å²) in [6.45, 7) is 2.15. The summed E-state index contributed by atoms with van der Waals surface area (Å²) in [4.78, 5) is 11.2. The first-order valence-corrected chi connectivity index (χ1v) is 4.61. The van der Waals surface area contributed by atoms with Gasteiger partial charge in [-0.15, -0.1) is 0 Å². The zero-order valence-electron chi connectivity index (χ0n) is 8.08. The Morgan fingerprint density at radius 2 is 2.38 bits per heavy atom. The van der Waals surface area contributed by atoms with Crippen molar-refractivity contribution in [3.05, 3.63) is 18.0 Å². The number of nitrogens with zero attached hydrogens (tertiary/aromatic N) is 2. The fourth-order valence-corrected chi connectivity index (χ4v) is 2.01. The molecule has 3 nitrogen and oxygen atoms in total. The molecule has 0 aliphatic heterocycles. The topological polar surface area (TPSA) is 34.9 Å². The van der Waals surface area contributed by atoms with Gasteiger partial charge in [-0.1, -0.05) is 6.92 Å². The van der Waals surface area contributed by atoms with Crippen LogP contribution >= 0.6 is 0 Å². The van der Waals surface area contributed by atoms with Crippen molar-refractivity contribution in [1.29, 1.82) is 0 Å². The lowest BCUT2D eigenvalue weighted by Gasteiger charge is -2.20. The lowest BCUT2D eigenvalue weighted by atomic mass is 9.83. The lowest BCUT2D eigenvalue weighted by molar-refractivity contribution is -0.117. The summed E-state index contributed by atoms with van der Waals surface area (Å²) >= 11 is 0. The van der Waals surface area contributed by atoms with Crippen molar-refractivity contribution >= 4 is 5.78 Å². The van der Waals surface area contributed by atoms with E-state index in [2.05, 4.69) is 12.0 Å². The highest BCUT2D eigenvalue weighted by atomic mass is 16.1. The van der Waals surface area contributed by atoms with Gasteiger partial charge >= 0.3 is 0 Å². The zero-order chi connectivity index (χ0) is 9.47. The Hall–Kier alpha value is -1.12. The molecule has 0 bridgehead atoms. The minimum absolute atomic E-state index is 0.0470. The third-order valence-electron chi connectivity index (χ3n) is 2.94. The van der Waals surface area contributed by atoms with Gasteiger partial charge in [-0.2, -0.15) is 5.10 Å². The molecule has 1 unspecified atom stereocenters. The third-order valence-corrected chi connectivity index (χ3v) is 2.94. The molecule has 1 fully saturated rings. The predicted octanol–water partition coefficient (Wildman–Crippen LogP) is 1.43. The van der Waals surface area contributed by atoms with Crippen LogP contribution in [0.4, 0.5) is 0 Å². The van der Waals surface area contributed by atoms with Crippen LogP contribution in [0.15, 0.2) is 12.4 Å². The number of carbonyl (C=O) groups excluding carboxylic acids is 1. The minimum atomic E-state index is 0.0470. The van der Waals surface area contributed by atoms with Gasteiger partial charge < -0.3 is 0 Å². The van der Waals surface area contributed by atoms with E-state index in [4.69, 9.17) is 0 Å². The Kier molecular flexibility index (Phi) is 1.75. The molecule has 1 atom stereocenters. The minimum Gasteiger partial charge on any atom is -0.300 e. The van der Waals surface area contributed by atoms with Gasteiger partial charge in [-0.3, -0.25) is 9.48 Å². The first-order chi connectivity index (χ1) is 6.10. The predicted molar refractivity (Wildman–Crippen MR) is 49.4 cm³/mol. The summed E-state index contributed by atoms with van der Waals surface area (Å²) in [7, 11) is 1.91. The van der Waals surface area contributed by atoms with E-state index in [1.165, 1.54) is 5.56 Å². The number of aromatic nitrogens is 2. The molecular formula is C10H14N2O. The fraction of sp³-hybridized carbons (Fsp3) is 0.600. The Morgan fingerprint density at radius 3 is 2.85 bits per heavy atom. The van der Waals surface area contributed by atoms with Gasteiger partial charge in [0.2, 0.25) is 0 Å². The van der Waals surface area contributed by atoms with Crippen LogP contribution in [0.25, 0.3) is 0 Å². The Morgan fingerprint density at radius 1 is 1.62 bits per heavy atom. The Balaban J connectivity index is 2.30. The number of aryl methyl sites for hydroxylation is 1. The molecule has 1 aromatic rings. The third kappa shape index (κ3) is 1.39. The summed E-state index contributed by atoms with van der Waals surface area (Å²) in [6.07, 6.45) is 6.26. The van der Waals surface area contributed by atoms with Crippen molar-refractivity contribution in [2.75, 3.05) is 0 Å². The maximum atomic E-state index is 11.2. The van der Waals surface area contributed by atoms with E-state index < -0.39 is 0 Å². The summed E-state index contributed by atoms with van der Waals surface area (Å²) in [5.41, 5.74) is 1.24. The SMILES string of the molecule is Cn1cc(C2(C)CCC(=O)C2)cn1. The molecule has 0 aromatic carbocycles. The molecular weight excluding hydrogens is 164 g/mol. The Bertz CT molecular complexity index is 342. The van der Waals surface area contributed by atoms with Gasteiger partial charge in [-0.05, 0) is 12.0 Å². The molecule has 0 N–H and O–H groups in total. The molecule has 1 heterocycles. The second kappa shape index (κ2) is 2.69. The number of hydrogen-bond donors (Lipinski definition) is 0. The van der Waals surface area contributed by atoms with Gasteiger partial charge in [-0.25, -0.2) is 0 Å². The van der Waals surface area contributed by atoms with Crippen molar-refractivity contribution in [3.8, 4) is 0 Å². The highest BCUT2D eigenvalue weighted by Gasteiger charge is 2.36. The van der Waals surface area contributed by atoms with E-state index in [1.54, 1.807) is 4.68 Å². The van der Waals surface area contributed by atoms with Crippen LogP contribution < -0.4 is 0 Å². The molecule has 1 aromatic heterocycles. The van der Waals surface area contributed by atoms with E-state index in [0.717, 1.165) is 12.8 Å². The van der Waals surface area contributed by atoms with Crippen molar-refractivity contribution in [2.45, 2.75) is 31.6 Å². The number of carbonyl (C=O) groups is 1. The van der Waals surface area contributed by atoms with Gasteiger partial charge in [0.15, 0.2) is 0 Å². The van der Waals surface area contributed by atoms with Crippen LogP contribution in [-0.2, 0) is 17.3 Å². The van der Waals surface area contributed by atoms with Gasteiger partial charge in [0.25, 0.3) is 0 Å². The van der Waals surface area contributed by atoms with Gasteiger partial charge in [0, 0.05) is 31.5 Å². The molecule has 0 radical (unpaired) electrons. The molecule has 1 saturated carbocycles. The van der Waals surface area contributed by atoms with Crippen LogP contribution in [0.3, 0.4) is 0 Å².